The van der Waals surface area contributed by atoms with E-state index in [1.165, 1.54) is 12.1 Å². The highest BCUT2D eigenvalue weighted by molar-refractivity contribution is 9.10. The zero-order valence-corrected chi connectivity index (χ0v) is 10.5. The van der Waals surface area contributed by atoms with Crippen molar-refractivity contribution in [2.45, 2.75) is 18.6 Å². The molecule has 0 aliphatic rings. The number of aliphatic hydroxyl groups is 2. The third-order valence-electron chi connectivity index (χ3n) is 2.33. The van der Waals surface area contributed by atoms with E-state index >= 15 is 0 Å². The summed E-state index contributed by atoms with van der Waals surface area (Å²) in [5.41, 5.74) is 0.109. The summed E-state index contributed by atoms with van der Waals surface area (Å²) in [6, 6.07) is 4.28. The normalized spacial score (nSPS) is 14.8. The van der Waals surface area contributed by atoms with Gasteiger partial charge in [-0.1, -0.05) is 15.9 Å². The zero-order chi connectivity index (χ0) is 12.1. The number of nitrogens with one attached hydrogen (secondary N) is 1. The van der Waals surface area contributed by atoms with Crippen LogP contribution in [0.4, 0.5) is 4.39 Å². The van der Waals surface area contributed by atoms with E-state index in [1.807, 2.05) is 0 Å². The first-order valence-corrected chi connectivity index (χ1v) is 5.81. The highest BCUT2D eigenvalue weighted by atomic mass is 79.9. The minimum Gasteiger partial charge on any atom is -0.390 e. The van der Waals surface area contributed by atoms with Crippen LogP contribution in [0, 0.1) is 5.82 Å². The Morgan fingerprint density at radius 3 is 2.75 bits per heavy atom. The molecule has 1 rings (SSSR count). The smallest absolute Gasteiger partial charge is 0.129 e. The summed E-state index contributed by atoms with van der Waals surface area (Å²) in [6.07, 6.45) is -1.81. The van der Waals surface area contributed by atoms with E-state index in [4.69, 9.17) is 0 Å². The largest absolute Gasteiger partial charge is 0.390 e. The summed E-state index contributed by atoms with van der Waals surface area (Å²) in [4.78, 5) is 0. The summed E-state index contributed by atoms with van der Waals surface area (Å²) in [6.45, 7) is 0.563. The molecule has 90 valence electrons. The van der Waals surface area contributed by atoms with Crippen LogP contribution in [0.5, 0.6) is 0 Å². The van der Waals surface area contributed by atoms with Crippen molar-refractivity contribution in [3.63, 3.8) is 0 Å². The van der Waals surface area contributed by atoms with E-state index in [1.54, 1.807) is 13.1 Å². The van der Waals surface area contributed by atoms with Crippen LogP contribution >= 0.6 is 15.9 Å². The van der Waals surface area contributed by atoms with Gasteiger partial charge in [-0.15, -0.1) is 0 Å². The van der Waals surface area contributed by atoms with E-state index in [0.717, 1.165) is 0 Å². The van der Waals surface area contributed by atoms with Gasteiger partial charge in [0, 0.05) is 10.0 Å². The van der Waals surface area contributed by atoms with Gasteiger partial charge in [0.15, 0.2) is 0 Å². The van der Waals surface area contributed by atoms with Crippen LogP contribution in [0.2, 0.25) is 0 Å². The summed E-state index contributed by atoms with van der Waals surface area (Å²) in [7, 11) is 1.75. The zero-order valence-electron chi connectivity index (χ0n) is 8.95. The maximum Gasteiger partial charge on any atom is 0.129 e. The van der Waals surface area contributed by atoms with Gasteiger partial charge in [-0.3, -0.25) is 0 Å². The van der Waals surface area contributed by atoms with Gasteiger partial charge in [-0.05, 0) is 38.2 Å². The van der Waals surface area contributed by atoms with Crippen molar-refractivity contribution < 1.29 is 14.6 Å². The van der Waals surface area contributed by atoms with Crippen LogP contribution in [0.1, 0.15) is 18.1 Å². The topological polar surface area (TPSA) is 52.5 Å². The summed E-state index contributed by atoms with van der Waals surface area (Å²) >= 11 is 3.19. The molecule has 2 unspecified atom stereocenters. The SMILES string of the molecule is CNCCC(O)C(O)c1cc(Br)ccc1F. The van der Waals surface area contributed by atoms with Crippen LogP contribution in [-0.4, -0.2) is 29.9 Å². The fourth-order valence-corrected chi connectivity index (χ4v) is 1.78. The molecule has 0 aliphatic carbocycles. The van der Waals surface area contributed by atoms with Crippen molar-refractivity contribution in [1.82, 2.24) is 5.32 Å². The Kier molecular flexibility index (Phi) is 5.34. The average Bonchev–Trinajstić information content (AvgIpc) is 2.28. The number of halogens is 2. The molecule has 1 aromatic rings. The van der Waals surface area contributed by atoms with Gasteiger partial charge in [-0.2, -0.15) is 0 Å². The third-order valence-corrected chi connectivity index (χ3v) is 2.82. The van der Waals surface area contributed by atoms with Gasteiger partial charge in [0.25, 0.3) is 0 Å². The highest BCUT2D eigenvalue weighted by Gasteiger charge is 2.21. The molecule has 0 bridgehead atoms. The highest BCUT2D eigenvalue weighted by Crippen LogP contribution is 2.24. The molecule has 0 spiro atoms. The Morgan fingerprint density at radius 2 is 2.12 bits per heavy atom. The summed E-state index contributed by atoms with van der Waals surface area (Å²) in [5, 5.41) is 22.3. The van der Waals surface area contributed by atoms with Gasteiger partial charge in [0.1, 0.15) is 11.9 Å². The van der Waals surface area contributed by atoms with E-state index in [-0.39, 0.29) is 5.56 Å². The Balaban J connectivity index is 2.78. The molecule has 0 fully saturated rings. The predicted molar refractivity (Wildman–Crippen MR) is 63.6 cm³/mol. The van der Waals surface area contributed by atoms with Crippen LogP contribution in [0.15, 0.2) is 22.7 Å². The van der Waals surface area contributed by atoms with E-state index in [2.05, 4.69) is 21.2 Å². The van der Waals surface area contributed by atoms with E-state index < -0.39 is 18.0 Å². The molecule has 0 aliphatic heterocycles. The van der Waals surface area contributed by atoms with Crippen LogP contribution in [0.3, 0.4) is 0 Å². The first-order chi connectivity index (χ1) is 7.56. The quantitative estimate of drug-likeness (QED) is 0.772. The molecule has 0 aromatic heterocycles. The van der Waals surface area contributed by atoms with Crippen molar-refractivity contribution >= 4 is 15.9 Å². The summed E-state index contributed by atoms with van der Waals surface area (Å²) < 4.78 is 14.1. The van der Waals surface area contributed by atoms with Crippen molar-refractivity contribution in [2.75, 3.05) is 13.6 Å². The first kappa shape index (κ1) is 13.6. The first-order valence-electron chi connectivity index (χ1n) is 5.02. The minimum atomic E-state index is -1.20. The molecule has 0 saturated heterocycles. The molecular formula is C11H15BrFNO2. The van der Waals surface area contributed by atoms with Crippen molar-refractivity contribution in [2.24, 2.45) is 0 Å². The van der Waals surface area contributed by atoms with Crippen LogP contribution in [-0.2, 0) is 0 Å². The molecule has 0 amide bonds. The molecule has 3 nitrogen and oxygen atoms in total. The van der Waals surface area contributed by atoms with Crippen molar-refractivity contribution in [3.8, 4) is 0 Å². The van der Waals surface area contributed by atoms with Crippen LogP contribution in [0.25, 0.3) is 0 Å². The van der Waals surface area contributed by atoms with Gasteiger partial charge < -0.3 is 15.5 Å². The molecule has 2 atom stereocenters. The molecule has 1 aromatic carbocycles. The molecule has 0 radical (unpaired) electrons. The molecule has 0 saturated carbocycles. The Labute approximate surface area is 102 Å². The lowest BCUT2D eigenvalue weighted by Crippen LogP contribution is -2.24. The fourth-order valence-electron chi connectivity index (χ4n) is 1.40. The van der Waals surface area contributed by atoms with Gasteiger partial charge >= 0.3 is 0 Å². The maximum atomic E-state index is 13.4. The number of hydrogen-bond acceptors (Lipinski definition) is 3. The second-order valence-corrected chi connectivity index (χ2v) is 4.49. The lowest BCUT2D eigenvalue weighted by molar-refractivity contribution is 0.0120. The molecular weight excluding hydrogens is 277 g/mol. The third kappa shape index (κ3) is 3.52. The average molecular weight is 292 g/mol. The van der Waals surface area contributed by atoms with E-state index in [0.29, 0.717) is 17.4 Å². The molecule has 16 heavy (non-hydrogen) atoms. The Hall–Kier alpha value is -0.490. The maximum absolute atomic E-state index is 13.4. The second-order valence-electron chi connectivity index (χ2n) is 3.57. The minimum absolute atomic E-state index is 0.109. The molecule has 5 heteroatoms. The van der Waals surface area contributed by atoms with E-state index in [9.17, 15) is 14.6 Å². The van der Waals surface area contributed by atoms with Crippen LogP contribution < -0.4 is 5.32 Å². The molecule has 0 heterocycles. The lowest BCUT2D eigenvalue weighted by Gasteiger charge is -2.18. The Morgan fingerprint density at radius 1 is 1.44 bits per heavy atom. The number of hydrogen-bond donors (Lipinski definition) is 3. The Bertz CT molecular complexity index is 349. The van der Waals surface area contributed by atoms with Gasteiger partial charge in [-0.25, -0.2) is 4.39 Å². The van der Waals surface area contributed by atoms with Gasteiger partial charge in [0.05, 0.1) is 6.10 Å². The number of benzene rings is 1. The number of aliphatic hydroxyl groups excluding tert-OH is 2. The molecule has 3 N–H and O–H groups in total. The standard InChI is InChI=1S/C11H15BrFNO2/c1-14-5-4-10(15)11(16)8-6-7(12)2-3-9(8)13/h2-3,6,10-11,14-16H,4-5H2,1H3. The van der Waals surface area contributed by atoms with Gasteiger partial charge in [0.2, 0.25) is 0 Å². The lowest BCUT2D eigenvalue weighted by atomic mass is 10.0. The second kappa shape index (κ2) is 6.30. The fraction of sp³-hybridized carbons (Fsp3) is 0.455. The van der Waals surface area contributed by atoms with Crippen molar-refractivity contribution in [3.05, 3.63) is 34.1 Å². The monoisotopic (exact) mass is 291 g/mol. The number of rotatable bonds is 5. The van der Waals surface area contributed by atoms with Crippen molar-refractivity contribution in [1.29, 1.82) is 0 Å². The predicted octanol–water partition coefficient (Wildman–Crippen LogP) is 1.59. The summed E-state index contributed by atoms with van der Waals surface area (Å²) in [5.74, 6) is -0.515.